The maximum Gasteiger partial charge on any atom is 0.326 e. The van der Waals surface area contributed by atoms with Gasteiger partial charge in [-0.25, -0.2) is 9.78 Å². The number of aliphatic hydroxyl groups excluding tert-OH is 1. The summed E-state index contributed by atoms with van der Waals surface area (Å²) in [7, 11) is 0. The number of rotatable bonds is 10. The second-order valence-electron chi connectivity index (χ2n) is 7.38. The average Bonchev–Trinajstić information content (AvgIpc) is 3.41. The Hall–Kier alpha value is -2.64. The molecule has 0 saturated carbocycles. The predicted octanol–water partition coefficient (Wildman–Crippen LogP) is -2.36. The number of aromatic amines is 1. The minimum Gasteiger partial charge on any atom is -0.480 e. The summed E-state index contributed by atoms with van der Waals surface area (Å²) in [6.07, 6.45) is 2.67. The van der Waals surface area contributed by atoms with Crippen LogP contribution in [-0.2, 0) is 25.6 Å². The fraction of sp³-hybridized carbons (Fsp3) is 0.611. The molecule has 0 bridgehead atoms. The molecule has 1 aliphatic rings. The number of nitrogens with two attached hydrogens (primary N) is 1. The van der Waals surface area contributed by atoms with E-state index in [-0.39, 0.29) is 18.7 Å². The number of carboxylic acids is 1. The summed E-state index contributed by atoms with van der Waals surface area (Å²) in [5.41, 5.74) is 6.13. The Balaban J connectivity index is 2.05. The van der Waals surface area contributed by atoms with E-state index in [4.69, 9.17) is 5.73 Å². The van der Waals surface area contributed by atoms with Gasteiger partial charge in [0, 0.05) is 30.6 Å². The Morgan fingerprint density at radius 1 is 1.35 bits per heavy atom. The Bertz CT molecular complexity index is 789. The first kappa shape index (κ1) is 24.6. The first-order valence-corrected chi connectivity index (χ1v) is 10.4. The number of hydrogen-bond donors (Lipinski definition) is 7. The molecule has 7 N–H and O–H groups in total. The normalized spacial score (nSPS) is 19.9. The Kier molecular flexibility index (Phi) is 8.83. The van der Waals surface area contributed by atoms with E-state index in [0.29, 0.717) is 18.5 Å². The highest BCUT2D eigenvalue weighted by Crippen LogP contribution is 2.19. The Morgan fingerprint density at radius 2 is 2.06 bits per heavy atom. The summed E-state index contributed by atoms with van der Waals surface area (Å²) in [5, 5.41) is 23.8. The first-order valence-electron chi connectivity index (χ1n) is 9.81. The highest BCUT2D eigenvalue weighted by atomic mass is 32.1. The minimum atomic E-state index is -1.22. The molecule has 5 unspecified atom stereocenters. The number of imidazole rings is 1. The van der Waals surface area contributed by atoms with Crippen LogP contribution >= 0.6 is 12.6 Å². The Labute approximate surface area is 184 Å². The van der Waals surface area contributed by atoms with Crippen molar-refractivity contribution in [1.82, 2.24) is 25.5 Å². The number of thiol groups is 1. The summed E-state index contributed by atoms with van der Waals surface area (Å²) < 4.78 is 0. The first-order chi connectivity index (χ1) is 14.6. The molecule has 2 rings (SSSR count). The van der Waals surface area contributed by atoms with Crippen molar-refractivity contribution in [2.75, 3.05) is 12.3 Å². The molecule has 3 amide bonds. The molecule has 1 aromatic rings. The van der Waals surface area contributed by atoms with Gasteiger partial charge in [0.05, 0.1) is 12.4 Å². The van der Waals surface area contributed by atoms with Gasteiger partial charge in [-0.05, 0) is 19.8 Å². The van der Waals surface area contributed by atoms with Crippen LogP contribution in [0.5, 0.6) is 0 Å². The van der Waals surface area contributed by atoms with Gasteiger partial charge in [-0.3, -0.25) is 14.4 Å². The fourth-order valence-electron chi connectivity index (χ4n) is 3.26. The fourth-order valence-corrected chi connectivity index (χ4v) is 3.51. The van der Waals surface area contributed by atoms with Crippen LogP contribution in [0.3, 0.4) is 0 Å². The molecule has 1 aliphatic heterocycles. The van der Waals surface area contributed by atoms with Crippen molar-refractivity contribution >= 4 is 36.3 Å². The van der Waals surface area contributed by atoms with Gasteiger partial charge in [-0.15, -0.1) is 0 Å². The van der Waals surface area contributed by atoms with Crippen LogP contribution in [0.25, 0.3) is 0 Å². The molecular weight excluding hydrogens is 428 g/mol. The van der Waals surface area contributed by atoms with Gasteiger partial charge in [-0.1, -0.05) is 0 Å². The lowest BCUT2D eigenvalue weighted by Gasteiger charge is -2.29. The van der Waals surface area contributed by atoms with Gasteiger partial charge < -0.3 is 36.5 Å². The zero-order valence-electron chi connectivity index (χ0n) is 17.0. The van der Waals surface area contributed by atoms with Gasteiger partial charge >= 0.3 is 5.97 Å². The van der Waals surface area contributed by atoms with E-state index in [1.807, 2.05) is 0 Å². The lowest BCUT2D eigenvalue weighted by atomic mass is 10.1. The van der Waals surface area contributed by atoms with E-state index in [0.717, 1.165) is 0 Å². The smallest absolute Gasteiger partial charge is 0.326 e. The van der Waals surface area contributed by atoms with Crippen molar-refractivity contribution in [1.29, 1.82) is 0 Å². The van der Waals surface area contributed by atoms with Crippen LogP contribution in [0.2, 0.25) is 0 Å². The van der Waals surface area contributed by atoms with Crippen LogP contribution in [0, 0.1) is 0 Å². The van der Waals surface area contributed by atoms with E-state index in [1.54, 1.807) is 0 Å². The molecule has 2 heterocycles. The van der Waals surface area contributed by atoms with Gasteiger partial charge in [0.2, 0.25) is 17.7 Å². The molecule has 0 spiro atoms. The van der Waals surface area contributed by atoms with Crippen molar-refractivity contribution < 1.29 is 29.4 Å². The third-order valence-electron chi connectivity index (χ3n) is 5.05. The highest BCUT2D eigenvalue weighted by molar-refractivity contribution is 7.80. The van der Waals surface area contributed by atoms with Crippen LogP contribution in [0.15, 0.2) is 12.5 Å². The topological polar surface area (TPSA) is 191 Å². The van der Waals surface area contributed by atoms with Gasteiger partial charge in [-0.2, -0.15) is 12.6 Å². The molecule has 0 aromatic carbocycles. The third-order valence-corrected chi connectivity index (χ3v) is 5.42. The quantitative estimate of drug-likeness (QED) is 0.190. The van der Waals surface area contributed by atoms with Crippen molar-refractivity contribution in [3.8, 4) is 0 Å². The number of carboxylic acid groups (broad SMARTS) is 1. The minimum absolute atomic E-state index is 0.00823. The molecule has 5 atom stereocenters. The van der Waals surface area contributed by atoms with Crippen molar-refractivity contribution in [2.45, 2.75) is 56.5 Å². The number of carbonyl (C=O) groups excluding carboxylic acids is 3. The second-order valence-corrected chi connectivity index (χ2v) is 7.75. The second kappa shape index (κ2) is 11.1. The molecule has 0 aliphatic carbocycles. The van der Waals surface area contributed by atoms with Crippen molar-refractivity contribution in [2.24, 2.45) is 5.73 Å². The summed E-state index contributed by atoms with van der Waals surface area (Å²) in [4.78, 5) is 57.3. The average molecular weight is 457 g/mol. The lowest BCUT2D eigenvalue weighted by Crippen LogP contribution is -2.58. The van der Waals surface area contributed by atoms with E-state index < -0.39 is 54.0 Å². The van der Waals surface area contributed by atoms with Gasteiger partial charge in [0.25, 0.3) is 0 Å². The number of nitrogens with one attached hydrogen (secondary N) is 3. The largest absolute Gasteiger partial charge is 0.480 e. The van der Waals surface area contributed by atoms with E-state index in [2.05, 4.69) is 33.2 Å². The summed E-state index contributed by atoms with van der Waals surface area (Å²) in [5.74, 6) is -3.10. The number of aromatic nitrogens is 2. The third kappa shape index (κ3) is 6.42. The van der Waals surface area contributed by atoms with Crippen LogP contribution < -0.4 is 16.4 Å². The molecular formula is C18H28N6O6S. The summed E-state index contributed by atoms with van der Waals surface area (Å²) >= 11 is 4.10. The molecule has 1 aromatic heterocycles. The Morgan fingerprint density at radius 3 is 2.61 bits per heavy atom. The number of amides is 3. The molecule has 0 radical (unpaired) electrons. The van der Waals surface area contributed by atoms with E-state index >= 15 is 0 Å². The zero-order valence-corrected chi connectivity index (χ0v) is 17.9. The monoisotopic (exact) mass is 456 g/mol. The molecule has 1 fully saturated rings. The number of carbonyl (C=O) groups is 4. The standard InChI is InChI=1S/C18H28N6O6S/c1-9(25)14(19)16(27)23-12(7-31)17(28)24-4-2-3-13(24)15(26)22-11(18(29)30)5-10-6-20-8-21-10/h6,8-9,11-14,25,31H,2-5,7,19H2,1H3,(H,20,21)(H,22,26)(H,23,27)(H,29,30). The SMILES string of the molecule is CC(O)C(N)C(=O)NC(CS)C(=O)N1CCCC1C(=O)NC(Cc1cnc[nH]1)C(=O)O. The number of likely N-dealkylation sites (tertiary alicyclic amines) is 1. The summed E-state index contributed by atoms with van der Waals surface area (Å²) in [6.45, 7) is 1.63. The molecule has 1 saturated heterocycles. The van der Waals surface area contributed by atoms with Crippen LogP contribution in [0.1, 0.15) is 25.5 Å². The number of nitrogens with zero attached hydrogens (tertiary/aromatic N) is 2. The number of aliphatic hydroxyl groups is 1. The van der Waals surface area contributed by atoms with Crippen LogP contribution in [0.4, 0.5) is 0 Å². The highest BCUT2D eigenvalue weighted by Gasteiger charge is 2.39. The van der Waals surface area contributed by atoms with E-state index in [1.165, 1.54) is 24.3 Å². The molecule has 31 heavy (non-hydrogen) atoms. The maximum atomic E-state index is 12.9. The molecule has 172 valence electrons. The number of aliphatic carboxylic acids is 1. The summed E-state index contributed by atoms with van der Waals surface area (Å²) in [6, 6.07) is -4.34. The zero-order chi connectivity index (χ0) is 23.1. The van der Waals surface area contributed by atoms with Crippen molar-refractivity contribution in [3.63, 3.8) is 0 Å². The van der Waals surface area contributed by atoms with Crippen LogP contribution in [-0.4, -0.2) is 91.3 Å². The maximum absolute atomic E-state index is 12.9. The predicted molar refractivity (Wildman–Crippen MR) is 112 cm³/mol. The van der Waals surface area contributed by atoms with Crippen molar-refractivity contribution in [3.05, 3.63) is 18.2 Å². The molecule has 12 nitrogen and oxygen atoms in total. The lowest BCUT2D eigenvalue weighted by molar-refractivity contribution is -0.144. The van der Waals surface area contributed by atoms with Gasteiger partial charge in [0.15, 0.2) is 0 Å². The van der Waals surface area contributed by atoms with Gasteiger partial charge in [0.1, 0.15) is 24.2 Å². The number of H-pyrrole nitrogens is 1. The molecule has 13 heteroatoms. The number of hydrogen-bond acceptors (Lipinski definition) is 8. The van der Waals surface area contributed by atoms with E-state index in [9.17, 15) is 29.4 Å².